The minimum absolute atomic E-state index is 0.302. The smallest absolute Gasteiger partial charge is 0.294 e. The Labute approximate surface area is 230 Å². The summed E-state index contributed by atoms with van der Waals surface area (Å²) in [5, 5.41) is 2.32. The molecule has 2 fully saturated rings. The number of morpholine rings is 1. The van der Waals surface area contributed by atoms with Crippen LogP contribution in [0.25, 0.3) is 6.08 Å². The van der Waals surface area contributed by atoms with Gasteiger partial charge in [0.05, 0.1) is 18.1 Å². The summed E-state index contributed by atoms with van der Waals surface area (Å²) in [7, 11) is 0. The maximum absolute atomic E-state index is 12.9. The molecule has 38 heavy (non-hydrogen) atoms. The molecule has 7 nitrogen and oxygen atoms in total. The van der Waals surface area contributed by atoms with E-state index < -0.39 is 17.1 Å². The van der Waals surface area contributed by atoms with E-state index in [9.17, 15) is 14.4 Å². The van der Waals surface area contributed by atoms with Gasteiger partial charge in [-0.2, -0.15) is 0 Å². The zero-order valence-electron chi connectivity index (χ0n) is 20.9. The molecule has 0 spiro atoms. The first kappa shape index (κ1) is 26.1. The zero-order chi connectivity index (χ0) is 26.5. The number of imide groups is 1. The van der Waals surface area contributed by atoms with Crippen molar-refractivity contribution in [3.63, 3.8) is 0 Å². The molecule has 3 amide bonds. The van der Waals surface area contributed by atoms with Crippen LogP contribution in [0.1, 0.15) is 11.1 Å². The lowest BCUT2D eigenvalue weighted by atomic mass is 10.2. The van der Waals surface area contributed by atoms with Gasteiger partial charge in [0.2, 0.25) is 5.91 Å². The second-order valence-corrected chi connectivity index (χ2v) is 11.1. The number of hydrogen-bond donors (Lipinski definition) is 1. The maximum atomic E-state index is 12.9. The molecule has 9 heteroatoms. The molecule has 194 valence electrons. The molecule has 2 saturated heterocycles. The van der Waals surface area contributed by atoms with Gasteiger partial charge in [-0.05, 0) is 78.9 Å². The monoisotopic (exact) mass is 545 g/mol. The minimum atomic E-state index is -0.462. The highest BCUT2D eigenvalue weighted by Crippen LogP contribution is 2.33. The molecule has 3 aromatic rings. The normalized spacial score (nSPS) is 16.8. The molecule has 1 N–H and O–H groups in total. The van der Waals surface area contributed by atoms with Crippen molar-refractivity contribution in [1.82, 2.24) is 4.90 Å². The van der Waals surface area contributed by atoms with Gasteiger partial charge in [-0.15, -0.1) is 0 Å². The van der Waals surface area contributed by atoms with Crippen molar-refractivity contribution in [2.75, 3.05) is 43.1 Å². The fourth-order valence-electron chi connectivity index (χ4n) is 4.08. The van der Waals surface area contributed by atoms with Crippen LogP contribution in [0.4, 0.5) is 16.2 Å². The maximum Gasteiger partial charge on any atom is 0.294 e. The van der Waals surface area contributed by atoms with Crippen LogP contribution < -0.4 is 10.2 Å². The van der Waals surface area contributed by atoms with E-state index in [2.05, 4.69) is 41.4 Å². The van der Waals surface area contributed by atoms with E-state index >= 15 is 0 Å². The van der Waals surface area contributed by atoms with Gasteiger partial charge in [-0.25, -0.2) is 0 Å². The summed E-state index contributed by atoms with van der Waals surface area (Å²) < 4.78 is 5.38. The Morgan fingerprint density at radius 2 is 1.58 bits per heavy atom. The number of thioether (sulfide) groups is 1. The number of ether oxygens (including phenoxy) is 1. The van der Waals surface area contributed by atoms with Gasteiger partial charge in [-0.1, -0.05) is 41.6 Å². The van der Waals surface area contributed by atoms with Crippen LogP contribution in [0.2, 0.25) is 0 Å². The number of anilines is 2. The molecule has 0 aliphatic carbocycles. The predicted molar refractivity (Wildman–Crippen MR) is 153 cm³/mol. The molecular formula is C29H27N3O4S2. The predicted octanol–water partition coefficient (Wildman–Crippen LogP) is 5.66. The number of carbonyl (C=O) groups is 3. The highest BCUT2D eigenvalue weighted by atomic mass is 32.2. The van der Waals surface area contributed by atoms with Crippen molar-refractivity contribution in [2.45, 2.75) is 16.7 Å². The zero-order valence-corrected chi connectivity index (χ0v) is 22.5. The number of hydrogen-bond acceptors (Lipinski definition) is 7. The number of nitrogens with zero attached hydrogens (tertiary/aromatic N) is 2. The summed E-state index contributed by atoms with van der Waals surface area (Å²) in [6.07, 6.45) is 1.69. The second-order valence-electron chi connectivity index (χ2n) is 8.95. The molecule has 5 rings (SSSR count). The average molecular weight is 546 g/mol. The summed E-state index contributed by atoms with van der Waals surface area (Å²) in [4.78, 5) is 43.7. The lowest BCUT2D eigenvalue weighted by Crippen LogP contribution is -2.36. The van der Waals surface area contributed by atoms with Gasteiger partial charge in [0.1, 0.15) is 6.54 Å². The molecule has 2 aliphatic heterocycles. The van der Waals surface area contributed by atoms with Gasteiger partial charge in [0, 0.05) is 34.3 Å². The SMILES string of the molecule is Cc1ccc(Sc2ccc(/C=C3\SC(=O)N(CC(=O)Nc4ccc(N5CCOCC5)cc4)C3=O)cc2)cc1. The van der Waals surface area contributed by atoms with Gasteiger partial charge < -0.3 is 15.0 Å². The second kappa shape index (κ2) is 11.9. The van der Waals surface area contributed by atoms with E-state index in [0.29, 0.717) is 23.8 Å². The van der Waals surface area contributed by atoms with Crippen molar-refractivity contribution in [3.8, 4) is 0 Å². The third-order valence-corrected chi connectivity index (χ3v) is 8.06. The Morgan fingerprint density at radius 3 is 2.24 bits per heavy atom. The van der Waals surface area contributed by atoms with Gasteiger partial charge in [0.15, 0.2) is 0 Å². The van der Waals surface area contributed by atoms with E-state index in [1.54, 1.807) is 17.8 Å². The van der Waals surface area contributed by atoms with Crippen LogP contribution in [-0.2, 0) is 14.3 Å². The van der Waals surface area contributed by atoms with Crippen molar-refractivity contribution in [3.05, 3.63) is 88.8 Å². The minimum Gasteiger partial charge on any atom is -0.378 e. The standard InChI is InChI=1S/C29H27N3O4S2/c1-20-2-10-24(11-3-20)37-25-12-4-21(5-13-25)18-26-28(34)32(29(35)38-26)19-27(33)30-22-6-8-23(9-7-22)31-14-16-36-17-15-31/h2-13,18H,14-17,19H2,1H3,(H,30,33)/b26-18-. The van der Waals surface area contributed by atoms with Gasteiger partial charge in [-0.3, -0.25) is 19.3 Å². The van der Waals surface area contributed by atoms with E-state index in [-0.39, 0.29) is 6.54 Å². The van der Waals surface area contributed by atoms with Crippen molar-refractivity contribution in [1.29, 1.82) is 0 Å². The fourth-order valence-corrected chi connectivity index (χ4v) is 5.74. The molecule has 3 aromatic carbocycles. The summed E-state index contributed by atoms with van der Waals surface area (Å²) in [6, 6.07) is 23.6. The number of rotatable bonds is 7. The molecule has 0 saturated carbocycles. The lowest BCUT2D eigenvalue weighted by Gasteiger charge is -2.28. The first-order valence-electron chi connectivity index (χ1n) is 12.3. The number of carbonyl (C=O) groups excluding carboxylic acids is 3. The Hall–Kier alpha value is -3.53. The Bertz CT molecular complexity index is 1350. The van der Waals surface area contributed by atoms with Gasteiger partial charge >= 0.3 is 0 Å². The summed E-state index contributed by atoms with van der Waals surface area (Å²) in [6.45, 7) is 4.78. The first-order chi connectivity index (χ1) is 18.4. The van der Waals surface area contributed by atoms with Crippen LogP contribution >= 0.6 is 23.5 Å². The van der Waals surface area contributed by atoms with Crippen molar-refractivity contribution < 1.29 is 19.1 Å². The van der Waals surface area contributed by atoms with E-state index in [0.717, 1.165) is 50.8 Å². The van der Waals surface area contributed by atoms with Crippen LogP contribution in [0, 0.1) is 6.92 Å². The number of benzene rings is 3. The van der Waals surface area contributed by atoms with Gasteiger partial charge in [0.25, 0.3) is 11.1 Å². The van der Waals surface area contributed by atoms with Crippen molar-refractivity contribution in [2.24, 2.45) is 0 Å². The molecule has 0 atom stereocenters. The van der Waals surface area contributed by atoms with Crippen LogP contribution in [0.15, 0.2) is 87.5 Å². The van der Waals surface area contributed by atoms with Crippen LogP contribution in [0.3, 0.4) is 0 Å². The highest BCUT2D eigenvalue weighted by molar-refractivity contribution is 8.18. The third kappa shape index (κ3) is 6.48. The average Bonchev–Trinajstić information content (AvgIpc) is 3.19. The number of amides is 3. The molecule has 2 aliphatic rings. The van der Waals surface area contributed by atoms with Crippen molar-refractivity contribution >= 4 is 58.0 Å². The Balaban J connectivity index is 1.17. The highest BCUT2D eigenvalue weighted by Gasteiger charge is 2.36. The van der Waals surface area contributed by atoms with E-state index in [4.69, 9.17) is 4.74 Å². The molecule has 0 bridgehead atoms. The molecule has 2 heterocycles. The Kier molecular flexibility index (Phi) is 8.17. The summed E-state index contributed by atoms with van der Waals surface area (Å²) in [5.74, 6) is -0.888. The van der Waals surface area contributed by atoms with E-state index in [1.807, 2.05) is 48.5 Å². The van der Waals surface area contributed by atoms with Crippen LogP contribution in [0.5, 0.6) is 0 Å². The lowest BCUT2D eigenvalue weighted by molar-refractivity contribution is -0.127. The summed E-state index contributed by atoms with van der Waals surface area (Å²) in [5.41, 5.74) is 3.70. The quantitative estimate of drug-likeness (QED) is 0.384. The fraction of sp³-hybridized carbons (Fsp3) is 0.207. The first-order valence-corrected chi connectivity index (χ1v) is 13.9. The molecule has 0 radical (unpaired) electrons. The molecule has 0 unspecified atom stereocenters. The Morgan fingerprint density at radius 1 is 0.947 bits per heavy atom. The topological polar surface area (TPSA) is 79.0 Å². The number of aryl methyl sites for hydroxylation is 1. The summed E-state index contributed by atoms with van der Waals surface area (Å²) >= 11 is 2.51. The largest absolute Gasteiger partial charge is 0.378 e. The number of nitrogens with one attached hydrogen (secondary N) is 1. The molecule has 0 aromatic heterocycles. The van der Waals surface area contributed by atoms with E-state index in [1.165, 1.54) is 5.56 Å². The molecular weight excluding hydrogens is 518 g/mol. The third-order valence-electron chi connectivity index (χ3n) is 6.14. The van der Waals surface area contributed by atoms with Crippen LogP contribution in [-0.4, -0.2) is 54.8 Å².